The minimum Gasteiger partial charge on any atom is -0.496 e. The lowest BCUT2D eigenvalue weighted by molar-refractivity contribution is 0.410. The molecule has 2 rings (SSSR count). The van der Waals surface area contributed by atoms with E-state index in [1.54, 1.807) is 18.9 Å². The van der Waals surface area contributed by atoms with Gasteiger partial charge in [-0.1, -0.05) is 43.3 Å². The Labute approximate surface area is 130 Å². The van der Waals surface area contributed by atoms with Gasteiger partial charge in [0.2, 0.25) is 0 Å². The second kappa shape index (κ2) is 7.23. The number of hydrogen-bond donors (Lipinski definition) is 1. The molecule has 0 radical (unpaired) electrons. The van der Waals surface area contributed by atoms with E-state index in [0.29, 0.717) is 23.5 Å². The summed E-state index contributed by atoms with van der Waals surface area (Å²) in [6.45, 7) is 5.04. The Bertz CT molecular complexity index is 491. The number of amidine groups is 1. The highest BCUT2D eigenvalue weighted by Crippen LogP contribution is 2.27. The minimum absolute atomic E-state index is 0.534. The lowest BCUT2D eigenvalue weighted by Crippen LogP contribution is -2.28. The number of hydrogen-bond acceptors (Lipinski definition) is 3. The first kappa shape index (κ1) is 15.5. The van der Waals surface area contributed by atoms with Crippen molar-refractivity contribution in [2.75, 3.05) is 12.9 Å². The number of methoxy groups -OCH3 is 1. The predicted octanol–water partition coefficient (Wildman–Crippen LogP) is 3.96. The Balaban J connectivity index is 2.00. The smallest absolute Gasteiger partial charge is 0.157 e. The molecule has 1 unspecified atom stereocenters. The van der Waals surface area contributed by atoms with Gasteiger partial charge in [0.15, 0.2) is 5.17 Å². The Hall–Kier alpha value is -0.870. The van der Waals surface area contributed by atoms with Gasteiger partial charge in [-0.3, -0.25) is 4.99 Å². The number of nitrogens with zero attached hydrogens (tertiary/aromatic N) is 1. The number of ether oxygens (including phenoxy) is 1. The highest BCUT2D eigenvalue weighted by atomic mass is 35.5. The van der Waals surface area contributed by atoms with Crippen LogP contribution in [0.3, 0.4) is 0 Å². The molecule has 1 heterocycles. The fourth-order valence-corrected chi connectivity index (χ4v) is 3.47. The lowest BCUT2D eigenvalue weighted by atomic mass is 10.1. The van der Waals surface area contributed by atoms with Crippen LogP contribution < -0.4 is 10.1 Å². The number of nitrogens with one attached hydrogen (secondary N) is 1. The standard InChI is InChI=1S/C15H21ClN2OS/c1-10(2)7-11-9-20-15(18-11)17-8-12-13(16)5-4-6-14(12)19-3/h4-6,10-11H,7-9H2,1-3H3,(H,17,18). The van der Waals surface area contributed by atoms with Crippen LogP contribution in [0.2, 0.25) is 5.02 Å². The molecule has 0 aliphatic carbocycles. The van der Waals surface area contributed by atoms with E-state index in [9.17, 15) is 0 Å². The van der Waals surface area contributed by atoms with E-state index in [4.69, 9.17) is 16.3 Å². The van der Waals surface area contributed by atoms with Gasteiger partial charge in [-0.15, -0.1) is 0 Å². The average molecular weight is 313 g/mol. The summed E-state index contributed by atoms with van der Waals surface area (Å²) in [6, 6.07) is 6.21. The van der Waals surface area contributed by atoms with Gasteiger partial charge < -0.3 is 10.1 Å². The van der Waals surface area contributed by atoms with E-state index >= 15 is 0 Å². The van der Waals surface area contributed by atoms with Crippen LogP contribution in [-0.4, -0.2) is 24.1 Å². The molecule has 1 aliphatic heterocycles. The number of rotatable bonds is 5. The van der Waals surface area contributed by atoms with Crippen molar-refractivity contribution in [3.05, 3.63) is 28.8 Å². The van der Waals surface area contributed by atoms with E-state index in [-0.39, 0.29) is 0 Å². The highest BCUT2D eigenvalue weighted by Gasteiger charge is 2.21. The van der Waals surface area contributed by atoms with Gasteiger partial charge in [0.1, 0.15) is 5.75 Å². The summed E-state index contributed by atoms with van der Waals surface area (Å²) >= 11 is 8.00. The van der Waals surface area contributed by atoms with Crippen molar-refractivity contribution in [3.8, 4) is 5.75 Å². The number of halogens is 1. The Morgan fingerprint density at radius 2 is 2.30 bits per heavy atom. The summed E-state index contributed by atoms with van der Waals surface area (Å²) in [5.41, 5.74) is 0.943. The van der Waals surface area contributed by atoms with Gasteiger partial charge in [0.05, 0.1) is 13.7 Å². The highest BCUT2D eigenvalue weighted by molar-refractivity contribution is 8.14. The molecule has 1 N–H and O–H groups in total. The van der Waals surface area contributed by atoms with Crippen LogP contribution in [0.1, 0.15) is 25.8 Å². The molecule has 0 aromatic heterocycles. The van der Waals surface area contributed by atoms with E-state index in [2.05, 4.69) is 24.2 Å². The van der Waals surface area contributed by atoms with Crippen molar-refractivity contribution < 1.29 is 4.74 Å². The maximum absolute atomic E-state index is 6.21. The molecule has 0 spiro atoms. The van der Waals surface area contributed by atoms with Crippen LogP contribution >= 0.6 is 23.4 Å². The lowest BCUT2D eigenvalue weighted by Gasteiger charge is -2.12. The van der Waals surface area contributed by atoms with Gasteiger partial charge in [0.25, 0.3) is 0 Å². The van der Waals surface area contributed by atoms with Crippen LogP contribution in [0, 0.1) is 5.92 Å². The third-order valence-corrected chi connectivity index (χ3v) is 4.62. The van der Waals surface area contributed by atoms with Gasteiger partial charge in [-0.05, 0) is 24.5 Å². The molecule has 110 valence electrons. The molecular weight excluding hydrogens is 292 g/mol. The van der Waals surface area contributed by atoms with Crippen molar-refractivity contribution in [1.29, 1.82) is 0 Å². The fraction of sp³-hybridized carbons (Fsp3) is 0.533. The van der Waals surface area contributed by atoms with Crippen molar-refractivity contribution in [1.82, 2.24) is 5.32 Å². The molecule has 1 aromatic rings. The molecular formula is C15H21ClN2OS. The second-order valence-corrected chi connectivity index (χ2v) is 6.74. The number of benzene rings is 1. The normalized spacial score (nSPS) is 20.4. The molecule has 1 aliphatic rings. The van der Waals surface area contributed by atoms with Crippen molar-refractivity contribution in [2.24, 2.45) is 10.9 Å². The average Bonchev–Trinajstić information content (AvgIpc) is 2.83. The summed E-state index contributed by atoms with van der Waals surface area (Å²) in [4.78, 5) is 4.62. The molecule has 0 bridgehead atoms. The van der Waals surface area contributed by atoms with Gasteiger partial charge in [-0.2, -0.15) is 0 Å². The molecule has 1 saturated heterocycles. The van der Waals surface area contributed by atoms with Crippen molar-refractivity contribution >= 4 is 28.5 Å². The first-order valence-corrected chi connectivity index (χ1v) is 8.21. The van der Waals surface area contributed by atoms with Gasteiger partial charge >= 0.3 is 0 Å². The van der Waals surface area contributed by atoms with Crippen LogP contribution in [0.5, 0.6) is 5.75 Å². The summed E-state index contributed by atoms with van der Waals surface area (Å²) in [7, 11) is 1.66. The van der Waals surface area contributed by atoms with E-state index in [1.165, 1.54) is 6.42 Å². The predicted molar refractivity (Wildman–Crippen MR) is 88.0 cm³/mol. The Morgan fingerprint density at radius 3 is 3.00 bits per heavy atom. The minimum atomic E-state index is 0.534. The second-order valence-electron chi connectivity index (χ2n) is 5.32. The summed E-state index contributed by atoms with van der Waals surface area (Å²) < 4.78 is 5.33. The topological polar surface area (TPSA) is 33.6 Å². The SMILES string of the molecule is COc1cccc(Cl)c1CN=C1NC(CC(C)C)CS1. The van der Waals surface area contributed by atoms with Crippen molar-refractivity contribution in [3.63, 3.8) is 0 Å². The van der Waals surface area contributed by atoms with E-state index in [0.717, 1.165) is 22.2 Å². The Kier molecular flexibility index (Phi) is 5.61. The van der Waals surface area contributed by atoms with E-state index in [1.807, 2.05) is 18.2 Å². The monoisotopic (exact) mass is 312 g/mol. The number of thioether (sulfide) groups is 1. The first-order valence-electron chi connectivity index (χ1n) is 6.85. The maximum atomic E-state index is 6.21. The third kappa shape index (κ3) is 4.06. The maximum Gasteiger partial charge on any atom is 0.157 e. The molecule has 1 fully saturated rings. The Morgan fingerprint density at radius 1 is 1.50 bits per heavy atom. The molecule has 0 amide bonds. The van der Waals surface area contributed by atoms with E-state index < -0.39 is 0 Å². The molecule has 0 saturated carbocycles. The van der Waals surface area contributed by atoms with Crippen LogP contribution in [0.4, 0.5) is 0 Å². The largest absolute Gasteiger partial charge is 0.496 e. The first-order chi connectivity index (χ1) is 9.60. The number of aliphatic imine (C=N–C) groups is 1. The quantitative estimate of drug-likeness (QED) is 0.893. The molecule has 3 nitrogen and oxygen atoms in total. The van der Waals surface area contributed by atoms with Gasteiger partial charge in [-0.25, -0.2) is 0 Å². The van der Waals surface area contributed by atoms with Gasteiger partial charge in [0, 0.05) is 22.4 Å². The van der Waals surface area contributed by atoms with Crippen LogP contribution in [-0.2, 0) is 6.54 Å². The third-order valence-electron chi connectivity index (χ3n) is 3.18. The van der Waals surface area contributed by atoms with Crippen LogP contribution in [0.15, 0.2) is 23.2 Å². The zero-order chi connectivity index (χ0) is 14.5. The van der Waals surface area contributed by atoms with Crippen molar-refractivity contribution in [2.45, 2.75) is 32.9 Å². The molecule has 1 aromatic carbocycles. The zero-order valence-corrected chi connectivity index (χ0v) is 13.7. The fourth-order valence-electron chi connectivity index (χ4n) is 2.26. The zero-order valence-electron chi connectivity index (χ0n) is 12.1. The molecule has 5 heteroatoms. The summed E-state index contributed by atoms with van der Waals surface area (Å²) in [6.07, 6.45) is 1.18. The molecule has 20 heavy (non-hydrogen) atoms. The molecule has 1 atom stereocenters. The summed E-state index contributed by atoms with van der Waals surface area (Å²) in [5.74, 6) is 2.59. The summed E-state index contributed by atoms with van der Waals surface area (Å²) in [5, 5.41) is 5.19. The van der Waals surface area contributed by atoms with Crippen LogP contribution in [0.25, 0.3) is 0 Å².